The van der Waals surface area contributed by atoms with Crippen LogP contribution in [0.2, 0.25) is 0 Å². The first kappa shape index (κ1) is 19.7. The lowest BCUT2D eigenvalue weighted by molar-refractivity contribution is -0.132. The number of hydrogen-bond donors (Lipinski definition) is 1. The minimum atomic E-state index is -2.91. The molecular weight excluding hydrogens is 323 g/mol. The molecule has 2 rings (SSSR count). The summed E-state index contributed by atoms with van der Waals surface area (Å²) in [6.45, 7) is 2.24. The van der Waals surface area contributed by atoms with Crippen LogP contribution in [-0.2, 0) is 13.9 Å². The Bertz CT molecular complexity index is 474. The van der Waals surface area contributed by atoms with Crippen LogP contribution in [0.25, 0.3) is 0 Å². The number of allylic oxidation sites excluding steroid dienone is 1. The van der Waals surface area contributed by atoms with Gasteiger partial charge in [0.15, 0.2) is 0 Å². The van der Waals surface area contributed by atoms with Crippen molar-refractivity contribution in [2.75, 3.05) is 18.9 Å². The predicted molar refractivity (Wildman–Crippen MR) is 97.8 cm³/mol. The van der Waals surface area contributed by atoms with Crippen LogP contribution in [0.5, 0.6) is 0 Å². The highest BCUT2D eigenvalue weighted by molar-refractivity contribution is 7.59. The Balaban J connectivity index is 2.07. The number of hydrogen-bond acceptors (Lipinski definition) is 3. The summed E-state index contributed by atoms with van der Waals surface area (Å²) < 4.78 is 19.0. The smallest absolute Gasteiger partial charge is 0.331 e. The molecule has 2 saturated carbocycles. The zero-order chi connectivity index (χ0) is 17.4. The quantitative estimate of drug-likeness (QED) is 0.462. The number of aliphatic carboxylic acids is 1. The van der Waals surface area contributed by atoms with Crippen LogP contribution in [0.3, 0.4) is 0 Å². The first-order chi connectivity index (χ1) is 11.5. The van der Waals surface area contributed by atoms with Gasteiger partial charge in [-0.15, -0.1) is 0 Å². The number of carboxylic acids is 1. The van der Waals surface area contributed by atoms with Gasteiger partial charge >= 0.3 is 5.97 Å². The standard InChI is InChI=1S/C19H33O4P/c1-2-23-24(22,14-17-11-7-4-8-12-17)15-18(19(20)21)13-16-9-5-3-6-10-16/h13,16-17H,2-12,14-15H2,1H3,(H,20,21). The lowest BCUT2D eigenvalue weighted by atomic mass is 9.88. The Morgan fingerprint density at radius 2 is 1.67 bits per heavy atom. The van der Waals surface area contributed by atoms with E-state index in [2.05, 4.69) is 0 Å². The second kappa shape index (κ2) is 9.77. The summed E-state index contributed by atoms with van der Waals surface area (Å²) in [6.07, 6.45) is 14.1. The van der Waals surface area contributed by atoms with E-state index in [1.165, 1.54) is 38.5 Å². The van der Waals surface area contributed by atoms with Gasteiger partial charge in [-0.3, -0.25) is 4.57 Å². The molecule has 0 aromatic rings. The zero-order valence-corrected chi connectivity index (χ0v) is 15.9. The fraction of sp³-hybridized carbons (Fsp3) is 0.842. The zero-order valence-electron chi connectivity index (χ0n) is 15.0. The van der Waals surface area contributed by atoms with Crippen LogP contribution in [0.1, 0.15) is 71.1 Å². The summed E-state index contributed by atoms with van der Waals surface area (Å²) >= 11 is 0. The van der Waals surface area contributed by atoms with Gasteiger partial charge in [0.05, 0.1) is 12.8 Å². The van der Waals surface area contributed by atoms with Crippen LogP contribution in [0.4, 0.5) is 0 Å². The van der Waals surface area contributed by atoms with Crippen LogP contribution in [-0.4, -0.2) is 30.0 Å². The van der Waals surface area contributed by atoms with Crippen LogP contribution < -0.4 is 0 Å². The largest absolute Gasteiger partial charge is 0.478 e. The molecule has 5 heteroatoms. The molecule has 138 valence electrons. The van der Waals surface area contributed by atoms with Gasteiger partial charge in [-0.25, -0.2) is 4.79 Å². The van der Waals surface area contributed by atoms with Crippen LogP contribution >= 0.6 is 7.37 Å². The van der Waals surface area contributed by atoms with E-state index in [1.54, 1.807) is 0 Å². The van der Waals surface area contributed by atoms with E-state index in [-0.39, 0.29) is 6.16 Å². The Hall–Kier alpha value is -0.600. The van der Waals surface area contributed by atoms with Crippen molar-refractivity contribution in [3.63, 3.8) is 0 Å². The molecule has 0 heterocycles. The third-order valence-corrected chi connectivity index (χ3v) is 8.02. The molecule has 0 saturated heterocycles. The van der Waals surface area contributed by atoms with E-state index in [4.69, 9.17) is 4.52 Å². The van der Waals surface area contributed by atoms with Crippen LogP contribution in [0.15, 0.2) is 11.6 Å². The normalized spacial score (nSPS) is 23.8. The van der Waals surface area contributed by atoms with E-state index < -0.39 is 13.3 Å². The van der Waals surface area contributed by atoms with Gasteiger partial charge in [0.25, 0.3) is 0 Å². The van der Waals surface area contributed by atoms with Crippen molar-refractivity contribution in [1.82, 2.24) is 0 Å². The molecule has 0 radical (unpaired) electrons. The maximum atomic E-state index is 13.3. The molecule has 2 aliphatic rings. The molecule has 0 aliphatic heterocycles. The first-order valence-electron chi connectivity index (χ1n) is 9.69. The third-order valence-electron chi connectivity index (χ3n) is 5.40. The van der Waals surface area contributed by atoms with Gasteiger partial charge in [0.1, 0.15) is 0 Å². The lowest BCUT2D eigenvalue weighted by Gasteiger charge is -2.27. The van der Waals surface area contributed by atoms with Crippen molar-refractivity contribution in [3.05, 3.63) is 11.6 Å². The predicted octanol–water partition coefficient (Wildman–Crippen LogP) is 5.47. The fourth-order valence-corrected chi connectivity index (χ4v) is 6.91. The van der Waals surface area contributed by atoms with Gasteiger partial charge in [-0.05, 0) is 44.4 Å². The van der Waals surface area contributed by atoms with Crippen molar-refractivity contribution in [2.45, 2.75) is 71.1 Å². The lowest BCUT2D eigenvalue weighted by Crippen LogP contribution is -2.17. The number of rotatable bonds is 8. The molecule has 1 atom stereocenters. The first-order valence-corrected chi connectivity index (χ1v) is 11.7. The minimum absolute atomic E-state index is 0.100. The summed E-state index contributed by atoms with van der Waals surface area (Å²) in [5.74, 6) is -0.167. The average molecular weight is 356 g/mol. The van der Waals surface area contributed by atoms with E-state index in [0.29, 0.717) is 30.2 Å². The second-order valence-electron chi connectivity index (χ2n) is 7.47. The fourth-order valence-electron chi connectivity index (χ4n) is 4.20. The van der Waals surface area contributed by atoms with Gasteiger partial charge < -0.3 is 9.63 Å². The molecule has 0 bridgehead atoms. The average Bonchev–Trinajstić information content (AvgIpc) is 2.56. The van der Waals surface area contributed by atoms with Crippen molar-refractivity contribution in [3.8, 4) is 0 Å². The molecule has 2 aliphatic carbocycles. The highest BCUT2D eigenvalue weighted by Gasteiger charge is 2.31. The Kier molecular flexibility index (Phi) is 8.03. The minimum Gasteiger partial charge on any atom is -0.478 e. The van der Waals surface area contributed by atoms with E-state index in [1.807, 2.05) is 13.0 Å². The monoisotopic (exact) mass is 356 g/mol. The highest BCUT2D eigenvalue weighted by Crippen LogP contribution is 2.52. The summed E-state index contributed by atoms with van der Waals surface area (Å²) in [5.41, 5.74) is 0.314. The van der Waals surface area contributed by atoms with Crippen molar-refractivity contribution in [2.24, 2.45) is 11.8 Å². The molecule has 1 unspecified atom stereocenters. The Morgan fingerprint density at radius 1 is 1.08 bits per heavy atom. The van der Waals surface area contributed by atoms with E-state index in [9.17, 15) is 14.5 Å². The van der Waals surface area contributed by atoms with Crippen molar-refractivity contribution < 1.29 is 19.0 Å². The summed E-state index contributed by atoms with van der Waals surface area (Å²) in [7, 11) is -2.91. The van der Waals surface area contributed by atoms with Crippen LogP contribution in [0, 0.1) is 11.8 Å². The summed E-state index contributed by atoms with van der Waals surface area (Å²) in [4.78, 5) is 11.7. The van der Waals surface area contributed by atoms with E-state index >= 15 is 0 Å². The topological polar surface area (TPSA) is 63.6 Å². The molecule has 1 N–H and O–H groups in total. The number of carboxylic acid groups (broad SMARTS) is 1. The van der Waals surface area contributed by atoms with Crippen molar-refractivity contribution in [1.29, 1.82) is 0 Å². The molecule has 4 nitrogen and oxygen atoms in total. The summed E-state index contributed by atoms with van der Waals surface area (Å²) in [5, 5.41) is 9.60. The molecular formula is C19H33O4P. The third kappa shape index (κ3) is 6.37. The van der Waals surface area contributed by atoms with Gasteiger partial charge in [-0.2, -0.15) is 0 Å². The molecule has 0 spiro atoms. The van der Waals surface area contributed by atoms with E-state index in [0.717, 1.165) is 25.7 Å². The SMILES string of the molecule is CCOP(=O)(CC(=CC1CCCCC1)C(=O)O)CC1CCCCC1. The second-order valence-corrected chi connectivity index (χ2v) is 10.0. The number of carbonyl (C=O) groups is 1. The molecule has 24 heavy (non-hydrogen) atoms. The van der Waals surface area contributed by atoms with Gasteiger partial charge in [0.2, 0.25) is 7.37 Å². The Labute approximate surface area is 146 Å². The summed E-state index contributed by atoms with van der Waals surface area (Å²) in [6, 6.07) is 0. The molecule has 0 aromatic heterocycles. The highest BCUT2D eigenvalue weighted by atomic mass is 31.2. The maximum Gasteiger partial charge on any atom is 0.331 e. The maximum absolute atomic E-state index is 13.3. The molecule has 0 amide bonds. The van der Waals surface area contributed by atoms with Gasteiger partial charge in [-0.1, -0.05) is 44.6 Å². The van der Waals surface area contributed by atoms with Crippen molar-refractivity contribution >= 4 is 13.3 Å². The Morgan fingerprint density at radius 3 is 2.21 bits per heavy atom. The van der Waals surface area contributed by atoms with Gasteiger partial charge in [0, 0.05) is 11.7 Å². The molecule has 2 fully saturated rings. The molecule has 0 aromatic carbocycles.